The van der Waals surface area contributed by atoms with Gasteiger partial charge in [-0.05, 0) is 36.8 Å². The van der Waals surface area contributed by atoms with Crippen LogP contribution in [-0.4, -0.2) is 32.6 Å². The zero-order valence-corrected chi connectivity index (χ0v) is 16.4. The molecule has 0 saturated heterocycles. The van der Waals surface area contributed by atoms with E-state index < -0.39 is 11.8 Å². The molecule has 0 aliphatic carbocycles. The Morgan fingerprint density at radius 3 is 2.29 bits per heavy atom. The van der Waals surface area contributed by atoms with E-state index in [-0.39, 0.29) is 0 Å². The molecular weight excluding hydrogens is 360 g/mol. The first-order chi connectivity index (χ1) is 13.6. The van der Waals surface area contributed by atoms with Crippen molar-refractivity contribution < 1.29 is 23.8 Å². The number of amides is 2. The average Bonchev–Trinajstić information content (AvgIpc) is 2.74. The van der Waals surface area contributed by atoms with Gasteiger partial charge in [0, 0.05) is 5.56 Å². The molecule has 2 aromatic rings. The highest BCUT2D eigenvalue weighted by Crippen LogP contribution is 2.27. The highest BCUT2D eigenvalue weighted by Gasteiger charge is 2.15. The van der Waals surface area contributed by atoms with Crippen LogP contribution in [0.15, 0.2) is 42.5 Å². The molecule has 0 radical (unpaired) electrons. The van der Waals surface area contributed by atoms with E-state index in [1.54, 1.807) is 36.4 Å². The standard InChI is InChI=1S/C21H26N2O5/c1-4-5-8-13-28-17-10-7-6-9-16(17)21(25)23-22-20(24)15-11-12-18(26-2)19(14-15)27-3/h6-7,9-12,14H,4-5,8,13H2,1-3H3,(H,22,24)(H,23,25). The third-order valence-corrected chi connectivity index (χ3v) is 4.07. The fraction of sp³-hybridized carbons (Fsp3) is 0.333. The van der Waals surface area contributed by atoms with Crippen LogP contribution in [0.3, 0.4) is 0 Å². The Morgan fingerprint density at radius 2 is 1.57 bits per heavy atom. The number of carbonyl (C=O) groups is 2. The second-order valence-corrected chi connectivity index (χ2v) is 6.03. The molecule has 0 aliphatic heterocycles. The van der Waals surface area contributed by atoms with Crippen molar-refractivity contribution in [3.05, 3.63) is 53.6 Å². The second-order valence-electron chi connectivity index (χ2n) is 6.03. The topological polar surface area (TPSA) is 85.9 Å². The highest BCUT2D eigenvalue weighted by atomic mass is 16.5. The molecule has 0 aromatic heterocycles. The predicted molar refractivity (Wildman–Crippen MR) is 106 cm³/mol. The second kappa shape index (κ2) is 10.8. The molecule has 7 heteroatoms. The lowest BCUT2D eigenvalue weighted by atomic mass is 10.2. The van der Waals surface area contributed by atoms with Gasteiger partial charge >= 0.3 is 0 Å². The largest absolute Gasteiger partial charge is 0.493 e. The Balaban J connectivity index is 1.99. The molecular formula is C21H26N2O5. The number of methoxy groups -OCH3 is 2. The number of ether oxygens (including phenoxy) is 3. The number of unbranched alkanes of at least 4 members (excludes halogenated alkanes) is 2. The van der Waals surface area contributed by atoms with Gasteiger partial charge in [-0.3, -0.25) is 20.4 Å². The van der Waals surface area contributed by atoms with Crippen LogP contribution in [0, 0.1) is 0 Å². The predicted octanol–water partition coefficient (Wildman–Crippen LogP) is 3.35. The summed E-state index contributed by atoms with van der Waals surface area (Å²) in [5, 5.41) is 0. The number of carbonyl (C=O) groups excluding carboxylic acids is 2. The molecule has 2 aromatic carbocycles. The Kier molecular flexibility index (Phi) is 8.14. The van der Waals surface area contributed by atoms with Crippen LogP contribution in [0.25, 0.3) is 0 Å². The van der Waals surface area contributed by atoms with Gasteiger partial charge in [-0.1, -0.05) is 31.9 Å². The first-order valence-corrected chi connectivity index (χ1v) is 9.15. The van der Waals surface area contributed by atoms with Crippen LogP contribution >= 0.6 is 0 Å². The molecule has 0 fully saturated rings. The quantitative estimate of drug-likeness (QED) is 0.510. The van der Waals surface area contributed by atoms with Gasteiger partial charge in [-0.15, -0.1) is 0 Å². The van der Waals surface area contributed by atoms with Crippen molar-refractivity contribution in [1.29, 1.82) is 0 Å². The lowest BCUT2D eigenvalue weighted by Gasteiger charge is -2.13. The van der Waals surface area contributed by atoms with Crippen molar-refractivity contribution in [1.82, 2.24) is 10.9 Å². The van der Waals surface area contributed by atoms with Crippen molar-refractivity contribution in [3.63, 3.8) is 0 Å². The fourth-order valence-electron chi connectivity index (χ4n) is 2.54. The van der Waals surface area contributed by atoms with Crippen molar-refractivity contribution in [3.8, 4) is 17.2 Å². The minimum absolute atomic E-state index is 0.321. The minimum atomic E-state index is -0.476. The third kappa shape index (κ3) is 5.64. The molecule has 0 saturated carbocycles. The maximum Gasteiger partial charge on any atom is 0.273 e. The van der Waals surface area contributed by atoms with Crippen molar-refractivity contribution >= 4 is 11.8 Å². The summed E-state index contributed by atoms with van der Waals surface area (Å²) in [5.41, 5.74) is 5.49. The number of nitrogens with one attached hydrogen (secondary N) is 2. The van der Waals surface area contributed by atoms with E-state index >= 15 is 0 Å². The molecule has 0 spiro atoms. The Morgan fingerprint density at radius 1 is 0.857 bits per heavy atom. The maximum atomic E-state index is 12.5. The van der Waals surface area contributed by atoms with Crippen LogP contribution in [0.2, 0.25) is 0 Å². The first-order valence-electron chi connectivity index (χ1n) is 9.15. The van der Waals surface area contributed by atoms with Crippen molar-refractivity contribution in [2.45, 2.75) is 26.2 Å². The van der Waals surface area contributed by atoms with Gasteiger partial charge in [0.15, 0.2) is 11.5 Å². The molecule has 0 bridgehead atoms. The average molecular weight is 386 g/mol. The van der Waals surface area contributed by atoms with E-state index in [2.05, 4.69) is 17.8 Å². The molecule has 2 amide bonds. The van der Waals surface area contributed by atoms with Gasteiger partial charge < -0.3 is 14.2 Å². The first kappa shape index (κ1) is 21.1. The number of hydrogen-bond donors (Lipinski definition) is 2. The summed E-state index contributed by atoms with van der Waals surface area (Å²) in [7, 11) is 3.00. The van der Waals surface area contributed by atoms with E-state index in [1.807, 2.05) is 0 Å². The lowest BCUT2D eigenvalue weighted by Crippen LogP contribution is -2.41. The summed E-state index contributed by atoms with van der Waals surface area (Å²) >= 11 is 0. The molecule has 7 nitrogen and oxygen atoms in total. The maximum absolute atomic E-state index is 12.5. The monoisotopic (exact) mass is 386 g/mol. The minimum Gasteiger partial charge on any atom is -0.493 e. The van der Waals surface area contributed by atoms with Crippen LogP contribution in [0.4, 0.5) is 0 Å². The summed E-state index contributed by atoms with van der Waals surface area (Å²) in [6, 6.07) is 11.6. The van der Waals surface area contributed by atoms with Gasteiger partial charge in [-0.2, -0.15) is 0 Å². The normalized spacial score (nSPS) is 10.1. The van der Waals surface area contributed by atoms with Crippen molar-refractivity contribution in [2.24, 2.45) is 0 Å². The number of para-hydroxylation sites is 1. The molecule has 0 aliphatic rings. The summed E-state index contributed by atoms with van der Waals surface area (Å²) in [6.07, 6.45) is 3.08. The summed E-state index contributed by atoms with van der Waals surface area (Å²) in [6.45, 7) is 2.65. The van der Waals surface area contributed by atoms with E-state index in [0.29, 0.717) is 35.0 Å². The van der Waals surface area contributed by atoms with E-state index in [1.165, 1.54) is 20.3 Å². The van der Waals surface area contributed by atoms with Crippen LogP contribution in [0.1, 0.15) is 46.9 Å². The summed E-state index contributed by atoms with van der Waals surface area (Å²) in [4.78, 5) is 24.8. The highest BCUT2D eigenvalue weighted by molar-refractivity contribution is 6.00. The van der Waals surface area contributed by atoms with Gasteiger partial charge in [-0.25, -0.2) is 0 Å². The number of rotatable bonds is 9. The van der Waals surface area contributed by atoms with E-state index in [4.69, 9.17) is 14.2 Å². The molecule has 2 rings (SSSR count). The Bertz CT molecular complexity index is 807. The fourth-order valence-corrected chi connectivity index (χ4v) is 2.54. The van der Waals surface area contributed by atoms with Gasteiger partial charge in [0.05, 0.1) is 26.4 Å². The number of benzene rings is 2. The van der Waals surface area contributed by atoms with E-state index in [9.17, 15) is 9.59 Å². The summed E-state index contributed by atoms with van der Waals surface area (Å²) in [5.74, 6) is 0.483. The van der Waals surface area contributed by atoms with Crippen LogP contribution in [0.5, 0.6) is 17.2 Å². The zero-order valence-electron chi connectivity index (χ0n) is 16.4. The Labute approximate surface area is 165 Å². The smallest absolute Gasteiger partial charge is 0.273 e. The molecule has 28 heavy (non-hydrogen) atoms. The number of hydrogen-bond acceptors (Lipinski definition) is 5. The molecule has 0 heterocycles. The lowest BCUT2D eigenvalue weighted by molar-refractivity contribution is 0.0844. The van der Waals surface area contributed by atoms with Crippen LogP contribution in [-0.2, 0) is 0 Å². The zero-order chi connectivity index (χ0) is 20.4. The van der Waals surface area contributed by atoms with Crippen molar-refractivity contribution in [2.75, 3.05) is 20.8 Å². The molecule has 2 N–H and O–H groups in total. The summed E-state index contributed by atoms with van der Waals surface area (Å²) < 4.78 is 16.0. The molecule has 150 valence electrons. The molecule has 0 atom stereocenters. The van der Waals surface area contributed by atoms with Crippen LogP contribution < -0.4 is 25.1 Å². The van der Waals surface area contributed by atoms with Gasteiger partial charge in [0.2, 0.25) is 0 Å². The van der Waals surface area contributed by atoms with Gasteiger partial charge in [0.1, 0.15) is 5.75 Å². The van der Waals surface area contributed by atoms with E-state index in [0.717, 1.165) is 19.3 Å². The number of hydrazine groups is 1. The Hall–Kier alpha value is -3.22. The third-order valence-electron chi connectivity index (χ3n) is 4.07. The molecule has 0 unspecified atom stereocenters. The SMILES string of the molecule is CCCCCOc1ccccc1C(=O)NNC(=O)c1ccc(OC)c(OC)c1. The van der Waals surface area contributed by atoms with Gasteiger partial charge in [0.25, 0.3) is 11.8 Å².